The molecule has 3 aromatic carbocycles. The third-order valence-electron chi connectivity index (χ3n) is 5.08. The zero-order chi connectivity index (χ0) is 22.1. The Kier molecular flexibility index (Phi) is 5.20. The highest BCUT2D eigenvalue weighted by Gasteiger charge is 2.18. The van der Waals surface area contributed by atoms with Gasteiger partial charge in [-0.05, 0) is 43.3 Å². The number of aromatic nitrogens is 4. The van der Waals surface area contributed by atoms with E-state index in [2.05, 4.69) is 15.5 Å². The van der Waals surface area contributed by atoms with Crippen LogP contribution in [0.2, 0.25) is 0 Å². The second-order valence-corrected chi connectivity index (χ2v) is 8.26. The average molecular weight is 442 g/mol. The smallest absolute Gasteiger partial charge is 0.267 e. The van der Waals surface area contributed by atoms with Crippen LogP contribution in [-0.2, 0) is 4.79 Å². The summed E-state index contributed by atoms with van der Waals surface area (Å²) in [5.74, 6) is 0.422. The number of nitrogens with one attached hydrogen (secondary N) is 1. The van der Waals surface area contributed by atoms with Crippen LogP contribution in [0.25, 0.3) is 22.4 Å². The molecule has 1 N–H and O–H groups in total. The first-order valence-corrected chi connectivity index (χ1v) is 11.0. The number of rotatable bonds is 5. The van der Waals surface area contributed by atoms with E-state index >= 15 is 0 Å². The first-order valence-electron chi connectivity index (χ1n) is 10.1. The lowest BCUT2D eigenvalue weighted by Gasteiger charge is -2.11. The quantitative estimate of drug-likeness (QED) is 0.416. The van der Waals surface area contributed by atoms with Crippen LogP contribution in [0.15, 0.2) is 88.8 Å². The van der Waals surface area contributed by atoms with E-state index in [1.54, 1.807) is 10.6 Å². The van der Waals surface area contributed by atoms with E-state index in [1.807, 2.05) is 84.1 Å². The molecule has 0 bridgehead atoms. The van der Waals surface area contributed by atoms with Gasteiger partial charge in [0.15, 0.2) is 5.16 Å². The minimum absolute atomic E-state index is 0.144. The molecule has 0 unspecified atom stereocenters. The van der Waals surface area contributed by atoms with Gasteiger partial charge >= 0.3 is 0 Å². The molecule has 0 saturated carbocycles. The number of benzene rings is 3. The number of thioether (sulfide) groups is 1. The fourth-order valence-corrected chi connectivity index (χ4v) is 4.29. The molecule has 0 spiro atoms. The van der Waals surface area contributed by atoms with E-state index in [0.717, 1.165) is 11.3 Å². The second kappa shape index (κ2) is 8.32. The molecule has 32 heavy (non-hydrogen) atoms. The van der Waals surface area contributed by atoms with Gasteiger partial charge in [0.25, 0.3) is 5.56 Å². The van der Waals surface area contributed by atoms with E-state index in [4.69, 9.17) is 0 Å². The number of hydrogen-bond acceptors (Lipinski definition) is 5. The molecule has 7 nitrogen and oxygen atoms in total. The van der Waals surface area contributed by atoms with Gasteiger partial charge in [-0.1, -0.05) is 59.8 Å². The summed E-state index contributed by atoms with van der Waals surface area (Å²) in [7, 11) is 0. The Morgan fingerprint density at radius 3 is 2.44 bits per heavy atom. The average Bonchev–Trinajstić information content (AvgIpc) is 3.23. The maximum absolute atomic E-state index is 13.3. The van der Waals surface area contributed by atoms with Gasteiger partial charge in [0.1, 0.15) is 0 Å². The van der Waals surface area contributed by atoms with E-state index < -0.39 is 0 Å². The molecule has 158 valence electrons. The Morgan fingerprint density at radius 1 is 0.938 bits per heavy atom. The number of para-hydroxylation sites is 2. The fourth-order valence-electron chi connectivity index (χ4n) is 3.55. The molecule has 0 saturated heterocycles. The standard InChI is InChI=1S/C24H19N5O2S/c1-16-11-13-18(14-12-16)28-22(31)19-9-5-6-10-20(19)29-23(28)26-27-24(29)32-15-21(30)25-17-7-3-2-4-8-17/h2-14H,15H2,1H3,(H,25,30). The minimum atomic E-state index is -0.164. The van der Waals surface area contributed by atoms with Crippen LogP contribution in [0.3, 0.4) is 0 Å². The number of nitrogens with zero attached hydrogens (tertiary/aromatic N) is 4. The summed E-state index contributed by atoms with van der Waals surface area (Å²) in [4.78, 5) is 25.8. The van der Waals surface area contributed by atoms with E-state index in [-0.39, 0.29) is 17.2 Å². The number of carbonyl (C=O) groups is 1. The molecule has 2 heterocycles. The number of anilines is 1. The predicted molar refractivity (Wildman–Crippen MR) is 127 cm³/mol. The second-order valence-electron chi connectivity index (χ2n) is 7.31. The van der Waals surface area contributed by atoms with Crippen molar-refractivity contribution >= 4 is 40.0 Å². The zero-order valence-electron chi connectivity index (χ0n) is 17.2. The van der Waals surface area contributed by atoms with Gasteiger partial charge in [0, 0.05) is 5.69 Å². The van der Waals surface area contributed by atoms with Crippen LogP contribution in [-0.4, -0.2) is 30.8 Å². The van der Waals surface area contributed by atoms with Crippen molar-refractivity contribution in [1.29, 1.82) is 0 Å². The first-order chi connectivity index (χ1) is 15.6. The van der Waals surface area contributed by atoms with Crippen molar-refractivity contribution in [1.82, 2.24) is 19.2 Å². The largest absolute Gasteiger partial charge is 0.325 e. The molecule has 2 aromatic heterocycles. The van der Waals surface area contributed by atoms with Gasteiger partial charge in [0.2, 0.25) is 11.7 Å². The molecular formula is C24H19N5O2S. The minimum Gasteiger partial charge on any atom is -0.325 e. The number of aryl methyl sites for hydroxylation is 1. The Bertz CT molecular complexity index is 1490. The first kappa shape index (κ1) is 20.0. The highest BCUT2D eigenvalue weighted by molar-refractivity contribution is 7.99. The SMILES string of the molecule is Cc1ccc(-n2c(=O)c3ccccc3n3c(SCC(=O)Nc4ccccc4)nnc23)cc1. The van der Waals surface area contributed by atoms with Crippen LogP contribution in [0, 0.1) is 6.92 Å². The summed E-state index contributed by atoms with van der Waals surface area (Å²) >= 11 is 1.27. The van der Waals surface area contributed by atoms with Gasteiger partial charge in [-0.3, -0.25) is 14.0 Å². The Balaban J connectivity index is 1.57. The molecule has 5 aromatic rings. The Labute approximate surface area is 187 Å². The van der Waals surface area contributed by atoms with Crippen LogP contribution < -0.4 is 10.9 Å². The monoisotopic (exact) mass is 441 g/mol. The molecule has 0 fully saturated rings. The third kappa shape index (κ3) is 3.65. The van der Waals surface area contributed by atoms with Crippen molar-refractivity contribution < 1.29 is 4.79 Å². The van der Waals surface area contributed by atoms with Crippen molar-refractivity contribution in [3.05, 3.63) is 94.8 Å². The Hall–Kier alpha value is -3.91. The van der Waals surface area contributed by atoms with E-state index in [1.165, 1.54) is 11.8 Å². The number of hydrogen-bond donors (Lipinski definition) is 1. The number of carbonyl (C=O) groups excluding carboxylic acids is 1. The van der Waals surface area contributed by atoms with Crippen LogP contribution in [0.5, 0.6) is 0 Å². The lowest BCUT2D eigenvalue weighted by Crippen LogP contribution is -2.22. The molecule has 0 radical (unpaired) electrons. The normalized spacial score (nSPS) is 11.2. The molecule has 8 heteroatoms. The molecule has 5 rings (SSSR count). The topological polar surface area (TPSA) is 81.3 Å². The molecular weight excluding hydrogens is 422 g/mol. The summed E-state index contributed by atoms with van der Waals surface area (Å²) in [6.45, 7) is 1.99. The van der Waals surface area contributed by atoms with Crippen LogP contribution in [0.1, 0.15) is 5.56 Å². The lowest BCUT2D eigenvalue weighted by molar-refractivity contribution is -0.113. The Morgan fingerprint density at radius 2 is 1.66 bits per heavy atom. The summed E-state index contributed by atoms with van der Waals surface area (Å²) in [5, 5.41) is 12.6. The van der Waals surface area contributed by atoms with Crippen LogP contribution >= 0.6 is 11.8 Å². The zero-order valence-corrected chi connectivity index (χ0v) is 18.0. The third-order valence-corrected chi connectivity index (χ3v) is 6.01. The fraction of sp³-hybridized carbons (Fsp3) is 0.0833. The molecule has 1 amide bonds. The van der Waals surface area contributed by atoms with Crippen molar-refractivity contribution in [2.24, 2.45) is 0 Å². The number of amides is 1. The van der Waals surface area contributed by atoms with Gasteiger partial charge in [0.05, 0.1) is 22.3 Å². The van der Waals surface area contributed by atoms with Gasteiger partial charge in [-0.25, -0.2) is 4.57 Å². The molecule has 0 aliphatic carbocycles. The molecule has 0 atom stereocenters. The maximum atomic E-state index is 13.3. The van der Waals surface area contributed by atoms with Crippen LogP contribution in [0.4, 0.5) is 5.69 Å². The van der Waals surface area contributed by atoms with Crippen molar-refractivity contribution in [2.45, 2.75) is 12.1 Å². The maximum Gasteiger partial charge on any atom is 0.267 e. The summed E-state index contributed by atoms with van der Waals surface area (Å²) in [6, 6.07) is 24.3. The van der Waals surface area contributed by atoms with E-state index in [9.17, 15) is 9.59 Å². The predicted octanol–water partition coefficient (Wildman–Crippen LogP) is 4.07. The lowest BCUT2D eigenvalue weighted by atomic mass is 10.2. The van der Waals surface area contributed by atoms with Gasteiger partial charge in [-0.2, -0.15) is 0 Å². The van der Waals surface area contributed by atoms with Gasteiger partial charge < -0.3 is 5.32 Å². The van der Waals surface area contributed by atoms with Gasteiger partial charge in [-0.15, -0.1) is 10.2 Å². The molecule has 0 aliphatic rings. The highest BCUT2D eigenvalue weighted by Crippen LogP contribution is 2.23. The summed E-state index contributed by atoms with van der Waals surface area (Å²) < 4.78 is 3.39. The van der Waals surface area contributed by atoms with E-state index in [0.29, 0.717) is 27.5 Å². The molecule has 0 aliphatic heterocycles. The van der Waals surface area contributed by atoms with Crippen molar-refractivity contribution in [2.75, 3.05) is 11.1 Å². The van der Waals surface area contributed by atoms with Crippen molar-refractivity contribution in [3.63, 3.8) is 0 Å². The highest BCUT2D eigenvalue weighted by atomic mass is 32.2. The summed E-state index contributed by atoms with van der Waals surface area (Å²) in [6.07, 6.45) is 0. The van der Waals surface area contributed by atoms with Crippen molar-refractivity contribution in [3.8, 4) is 5.69 Å². The number of fused-ring (bicyclic) bond motifs is 3. The summed E-state index contributed by atoms with van der Waals surface area (Å²) in [5.41, 5.74) is 3.08.